The number of anilines is 1. The molecule has 136 valence electrons. The maximum Gasteiger partial charge on any atom is 0.265 e. The van der Waals surface area contributed by atoms with Gasteiger partial charge in [-0.25, -0.2) is 8.42 Å². The van der Waals surface area contributed by atoms with Gasteiger partial charge >= 0.3 is 0 Å². The minimum absolute atomic E-state index is 0.149. The molecular weight excluding hydrogens is 354 g/mol. The lowest BCUT2D eigenvalue weighted by molar-refractivity contribution is 0.280. The summed E-state index contributed by atoms with van der Waals surface area (Å²) < 4.78 is 37.6. The summed E-state index contributed by atoms with van der Waals surface area (Å²) in [6.07, 6.45) is 6.77. The number of benzene rings is 1. The van der Waals surface area contributed by atoms with E-state index in [1.807, 2.05) is 6.07 Å². The molecule has 2 aromatic heterocycles. The second-order valence-electron chi connectivity index (χ2n) is 6.27. The van der Waals surface area contributed by atoms with Gasteiger partial charge < -0.3 is 4.74 Å². The highest BCUT2D eigenvalue weighted by atomic mass is 32.2. The van der Waals surface area contributed by atoms with E-state index in [9.17, 15) is 8.42 Å². The first-order valence-corrected chi connectivity index (χ1v) is 9.72. The van der Waals surface area contributed by atoms with Crippen LogP contribution in [0.1, 0.15) is 12.0 Å². The van der Waals surface area contributed by atoms with Gasteiger partial charge in [-0.1, -0.05) is 12.1 Å². The van der Waals surface area contributed by atoms with E-state index in [4.69, 9.17) is 4.74 Å². The first kappa shape index (κ1) is 16.6. The molecule has 0 bridgehead atoms. The third-order valence-electron chi connectivity index (χ3n) is 4.24. The van der Waals surface area contributed by atoms with Gasteiger partial charge in [-0.2, -0.15) is 10.2 Å². The van der Waals surface area contributed by atoms with Crippen molar-refractivity contribution in [3.8, 4) is 17.0 Å². The zero-order valence-electron chi connectivity index (χ0n) is 14.5. The fourth-order valence-corrected chi connectivity index (χ4v) is 4.33. The van der Waals surface area contributed by atoms with Gasteiger partial charge in [-0.15, -0.1) is 0 Å². The molecule has 0 atom stereocenters. The van der Waals surface area contributed by atoms with E-state index in [0.29, 0.717) is 23.7 Å². The van der Waals surface area contributed by atoms with Crippen LogP contribution in [0.3, 0.4) is 0 Å². The molecular formula is C17H19N5O3S. The Bertz CT molecular complexity index is 1070. The Hall–Kier alpha value is -2.81. The summed E-state index contributed by atoms with van der Waals surface area (Å²) in [7, 11) is -0.284. The lowest BCUT2D eigenvalue weighted by Gasteiger charge is -2.20. The monoisotopic (exact) mass is 373 g/mol. The summed E-state index contributed by atoms with van der Waals surface area (Å²) in [5.74, 6) is 0.443. The third-order valence-corrected chi connectivity index (χ3v) is 5.63. The van der Waals surface area contributed by atoms with Gasteiger partial charge in [0.1, 0.15) is 16.3 Å². The molecule has 1 aromatic carbocycles. The number of hydrogen-bond acceptors (Lipinski definition) is 5. The summed E-state index contributed by atoms with van der Waals surface area (Å²) >= 11 is 0. The van der Waals surface area contributed by atoms with E-state index in [0.717, 1.165) is 24.0 Å². The third kappa shape index (κ3) is 2.94. The van der Waals surface area contributed by atoms with Crippen LogP contribution < -0.4 is 9.46 Å². The second-order valence-corrected chi connectivity index (χ2v) is 7.92. The normalized spacial score (nSPS) is 13.9. The van der Waals surface area contributed by atoms with Crippen molar-refractivity contribution in [2.75, 3.05) is 11.3 Å². The van der Waals surface area contributed by atoms with E-state index in [1.54, 1.807) is 54.2 Å². The largest absolute Gasteiger partial charge is 0.492 e. The molecule has 4 rings (SSSR count). The summed E-state index contributed by atoms with van der Waals surface area (Å²) in [5, 5.41) is 8.49. The molecule has 0 spiro atoms. The van der Waals surface area contributed by atoms with E-state index >= 15 is 0 Å². The van der Waals surface area contributed by atoms with E-state index in [1.165, 1.54) is 0 Å². The van der Waals surface area contributed by atoms with Gasteiger partial charge in [0, 0.05) is 32.1 Å². The van der Waals surface area contributed by atoms with Crippen LogP contribution in [0.5, 0.6) is 5.75 Å². The standard InChI is InChI=1S/C17H19N5O3S/c1-21-10-13(9-18-21)16-14(11-22(2)19-16)20-26(23,24)15-7-3-5-12-6-4-8-25-17(12)15/h3,5,7,9-11,20H,4,6,8H2,1-2H3. The molecule has 9 heteroatoms. The number of ether oxygens (including phenoxy) is 1. The van der Waals surface area contributed by atoms with Crippen LogP contribution in [0.15, 0.2) is 41.7 Å². The van der Waals surface area contributed by atoms with Gasteiger partial charge in [0.15, 0.2) is 0 Å². The van der Waals surface area contributed by atoms with Crippen LogP contribution in [-0.2, 0) is 30.5 Å². The highest BCUT2D eigenvalue weighted by Gasteiger charge is 2.26. The number of hydrogen-bond donors (Lipinski definition) is 1. The van der Waals surface area contributed by atoms with Crippen molar-refractivity contribution in [3.05, 3.63) is 42.4 Å². The predicted molar refractivity (Wildman–Crippen MR) is 96.5 cm³/mol. The summed E-state index contributed by atoms with van der Waals surface area (Å²) in [4.78, 5) is 0.149. The second kappa shape index (κ2) is 6.17. The summed E-state index contributed by atoms with van der Waals surface area (Å²) in [6, 6.07) is 5.21. The Morgan fingerprint density at radius 3 is 2.81 bits per heavy atom. The smallest absolute Gasteiger partial charge is 0.265 e. The Kier molecular flexibility index (Phi) is 3.95. The minimum atomic E-state index is -3.82. The fourth-order valence-electron chi connectivity index (χ4n) is 3.09. The van der Waals surface area contributed by atoms with Crippen molar-refractivity contribution in [2.24, 2.45) is 14.1 Å². The summed E-state index contributed by atoms with van der Waals surface area (Å²) in [5.41, 5.74) is 2.57. The van der Waals surface area contributed by atoms with Gasteiger partial charge in [0.2, 0.25) is 0 Å². The van der Waals surface area contributed by atoms with Crippen LogP contribution in [0.25, 0.3) is 11.3 Å². The molecule has 0 aliphatic carbocycles. The predicted octanol–water partition coefficient (Wildman–Crippen LogP) is 1.95. The van der Waals surface area contributed by atoms with Crippen LogP contribution in [0.4, 0.5) is 5.69 Å². The molecule has 26 heavy (non-hydrogen) atoms. The molecule has 1 aliphatic heterocycles. The average molecular weight is 373 g/mol. The molecule has 1 N–H and O–H groups in total. The van der Waals surface area contributed by atoms with Crippen molar-refractivity contribution in [1.82, 2.24) is 19.6 Å². The zero-order chi connectivity index (χ0) is 18.3. The lowest BCUT2D eigenvalue weighted by atomic mass is 10.1. The number of fused-ring (bicyclic) bond motifs is 1. The number of nitrogens with zero attached hydrogens (tertiary/aromatic N) is 4. The topological polar surface area (TPSA) is 91.0 Å². The van der Waals surface area contributed by atoms with Crippen molar-refractivity contribution in [3.63, 3.8) is 0 Å². The van der Waals surface area contributed by atoms with E-state index < -0.39 is 10.0 Å². The summed E-state index contributed by atoms with van der Waals surface area (Å²) in [6.45, 7) is 0.521. The number of sulfonamides is 1. The van der Waals surface area contributed by atoms with Crippen LogP contribution in [-0.4, -0.2) is 34.6 Å². The molecule has 0 radical (unpaired) electrons. The first-order valence-electron chi connectivity index (χ1n) is 8.24. The first-order chi connectivity index (χ1) is 12.4. The Labute approximate surface area is 151 Å². The molecule has 0 amide bonds. The van der Waals surface area contributed by atoms with Gasteiger partial charge in [-0.3, -0.25) is 14.1 Å². The van der Waals surface area contributed by atoms with E-state index in [-0.39, 0.29) is 4.90 Å². The van der Waals surface area contributed by atoms with Crippen LogP contribution in [0, 0.1) is 0 Å². The fraction of sp³-hybridized carbons (Fsp3) is 0.294. The van der Waals surface area contributed by atoms with Crippen molar-refractivity contribution in [2.45, 2.75) is 17.7 Å². The molecule has 1 aliphatic rings. The highest BCUT2D eigenvalue weighted by molar-refractivity contribution is 7.92. The average Bonchev–Trinajstić information content (AvgIpc) is 3.19. The van der Waals surface area contributed by atoms with E-state index in [2.05, 4.69) is 14.9 Å². The van der Waals surface area contributed by atoms with Gasteiger partial charge in [0.25, 0.3) is 10.0 Å². The molecule has 8 nitrogen and oxygen atoms in total. The van der Waals surface area contributed by atoms with Crippen molar-refractivity contribution < 1.29 is 13.2 Å². The molecule has 3 heterocycles. The molecule has 0 saturated carbocycles. The number of nitrogens with one attached hydrogen (secondary N) is 1. The van der Waals surface area contributed by atoms with Gasteiger partial charge in [-0.05, 0) is 24.5 Å². The van der Waals surface area contributed by atoms with Crippen LogP contribution >= 0.6 is 0 Å². The highest BCUT2D eigenvalue weighted by Crippen LogP contribution is 2.34. The Morgan fingerprint density at radius 1 is 1.19 bits per heavy atom. The molecule has 0 saturated heterocycles. The number of aryl methyl sites for hydroxylation is 3. The number of para-hydroxylation sites is 1. The van der Waals surface area contributed by atoms with Crippen molar-refractivity contribution in [1.29, 1.82) is 0 Å². The van der Waals surface area contributed by atoms with Crippen molar-refractivity contribution >= 4 is 15.7 Å². The van der Waals surface area contributed by atoms with Crippen LogP contribution in [0.2, 0.25) is 0 Å². The lowest BCUT2D eigenvalue weighted by Crippen LogP contribution is -2.18. The maximum atomic E-state index is 13.0. The minimum Gasteiger partial charge on any atom is -0.492 e. The quantitative estimate of drug-likeness (QED) is 0.755. The molecule has 0 unspecified atom stereocenters. The Morgan fingerprint density at radius 2 is 2.04 bits per heavy atom. The molecule has 0 fully saturated rings. The number of aromatic nitrogens is 4. The number of rotatable bonds is 4. The zero-order valence-corrected chi connectivity index (χ0v) is 15.3. The SMILES string of the molecule is Cn1cc(-c2nn(C)cc2NS(=O)(=O)c2cccc3c2OCCC3)cn1. The van der Waals surface area contributed by atoms with Gasteiger partial charge in [0.05, 0.1) is 18.5 Å². The Balaban J connectivity index is 1.74. The molecule has 3 aromatic rings. The maximum absolute atomic E-state index is 13.0.